The van der Waals surface area contributed by atoms with Gasteiger partial charge in [0, 0.05) is 36.8 Å². The van der Waals surface area contributed by atoms with Crippen LogP contribution < -0.4 is 10.1 Å². The van der Waals surface area contributed by atoms with E-state index in [1.165, 1.54) is 11.9 Å². The third-order valence-electron chi connectivity index (χ3n) is 3.77. The normalized spacial score (nSPS) is 18.4. The van der Waals surface area contributed by atoms with Gasteiger partial charge in [-0.15, -0.1) is 0 Å². The zero-order valence-corrected chi connectivity index (χ0v) is 13.3. The Morgan fingerprint density at radius 1 is 1.36 bits per heavy atom. The number of nitrogens with one attached hydrogen (secondary N) is 1. The number of ether oxygens (including phenoxy) is 1. The highest BCUT2D eigenvalue weighted by atomic mass is 35.5. The van der Waals surface area contributed by atoms with Crippen LogP contribution in [0.5, 0.6) is 5.88 Å². The summed E-state index contributed by atoms with van der Waals surface area (Å²) in [6, 6.07) is 10.2. The van der Waals surface area contributed by atoms with Crippen LogP contribution in [0.2, 0.25) is 5.02 Å². The van der Waals surface area contributed by atoms with Gasteiger partial charge in [0.15, 0.2) is 0 Å². The Balaban J connectivity index is 1.55. The molecule has 6 heteroatoms. The summed E-state index contributed by atoms with van der Waals surface area (Å²) in [5, 5.41) is 4.24. The van der Waals surface area contributed by atoms with Crippen LogP contribution in [-0.2, 0) is 6.54 Å². The molecule has 0 saturated carbocycles. The Morgan fingerprint density at radius 3 is 3.09 bits per heavy atom. The Bertz CT molecular complexity index is 637. The number of aromatic nitrogens is 2. The minimum absolute atomic E-state index is 0.388. The lowest BCUT2D eigenvalue weighted by Gasteiger charge is -2.17. The number of likely N-dealkylation sites (tertiary alicyclic amines) is 1. The standard InChI is InChI=1S/C16H19ClN4O/c1-22-16-8-15(18-11-19-16)20-14-5-6-21(10-14)9-12-3-2-4-13(17)7-12/h2-4,7-8,11,14H,5-6,9-10H2,1H3,(H,18,19,20). The lowest BCUT2D eigenvalue weighted by Crippen LogP contribution is -2.26. The van der Waals surface area contributed by atoms with Gasteiger partial charge in [-0.3, -0.25) is 4.90 Å². The number of methoxy groups -OCH3 is 1. The fourth-order valence-electron chi connectivity index (χ4n) is 2.73. The van der Waals surface area contributed by atoms with Crippen molar-refractivity contribution in [1.29, 1.82) is 0 Å². The monoisotopic (exact) mass is 318 g/mol. The highest BCUT2D eigenvalue weighted by Crippen LogP contribution is 2.19. The summed E-state index contributed by atoms with van der Waals surface area (Å²) in [5.41, 5.74) is 1.25. The lowest BCUT2D eigenvalue weighted by molar-refractivity contribution is 0.328. The number of halogens is 1. The number of hydrogen-bond donors (Lipinski definition) is 1. The molecule has 2 heterocycles. The minimum atomic E-state index is 0.388. The molecule has 1 unspecified atom stereocenters. The van der Waals surface area contributed by atoms with E-state index in [-0.39, 0.29) is 0 Å². The molecule has 0 amide bonds. The van der Waals surface area contributed by atoms with Crippen molar-refractivity contribution in [1.82, 2.24) is 14.9 Å². The maximum atomic E-state index is 6.04. The lowest BCUT2D eigenvalue weighted by atomic mass is 10.2. The summed E-state index contributed by atoms with van der Waals surface area (Å²) in [7, 11) is 1.61. The van der Waals surface area contributed by atoms with Crippen molar-refractivity contribution in [2.24, 2.45) is 0 Å². The molecule has 5 nitrogen and oxygen atoms in total. The van der Waals surface area contributed by atoms with Gasteiger partial charge in [-0.2, -0.15) is 0 Å². The molecule has 1 N–H and O–H groups in total. The van der Waals surface area contributed by atoms with Gasteiger partial charge in [-0.25, -0.2) is 9.97 Å². The number of nitrogens with zero attached hydrogens (tertiary/aromatic N) is 3. The number of anilines is 1. The molecule has 1 saturated heterocycles. The van der Waals surface area contributed by atoms with E-state index in [1.54, 1.807) is 7.11 Å². The summed E-state index contributed by atoms with van der Waals surface area (Å²) >= 11 is 6.04. The molecule has 1 atom stereocenters. The molecular formula is C16H19ClN4O. The van der Waals surface area contributed by atoms with E-state index in [1.807, 2.05) is 24.3 Å². The molecule has 1 aliphatic rings. The van der Waals surface area contributed by atoms with Crippen molar-refractivity contribution in [3.8, 4) is 5.88 Å². The first-order valence-corrected chi connectivity index (χ1v) is 7.70. The highest BCUT2D eigenvalue weighted by molar-refractivity contribution is 6.30. The molecule has 0 aliphatic carbocycles. The third-order valence-corrected chi connectivity index (χ3v) is 4.01. The van der Waals surface area contributed by atoms with Gasteiger partial charge < -0.3 is 10.1 Å². The maximum absolute atomic E-state index is 6.04. The Labute approximate surface area is 135 Å². The number of hydrogen-bond acceptors (Lipinski definition) is 5. The van der Waals surface area contributed by atoms with Crippen LogP contribution in [0.4, 0.5) is 5.82 Å². The van der Waals surface area contributed by atoms with E-state index in [0.717, 1.165) is 36.9 Å². The largest absolute Gasteiger partial charge is 0.481 e. The SMILES string of the molecule is COc1cc(NC2CCN(Cc3cccc(Cl)c3)C2)ncn1. The van der Waals surface area contributed by atoms with Gasteiger partial charge in [0.2, 0.25) is 5.88 Å². The van der Waals surface area contributed by atoms with Gasteiger partial charge in [-0.05, 0) is 24.1 Å². The second-order valence-electron chi connectivity index (χ2n) is 5.44. The first kappa shape index (κ1) is 15.1. The second kappa shape index (κ2) is 6.94. The van der Waals surface area contributed by atoms with Crippen LogP contribution in [0.3, 0.4) is 0 Å². The number of benzene rings is 1. The van der Waals surface area contributed by atoms with E-state index in [9.17, 15) is 0 Å². The van der Waals surface area contributed by atoms with Crippen LogP contribution in [0.1, 0.15) is 12.0 Å². The predicted molar refractivity (Wildman–Crippen MR) is 87.3 cm³/mol. The average Bonchev–Trinajstić information content (AvgIpc) is 2.94. The molecule has 22 heavy (non-hydrogen) atoms. The average molecular weight is 319 g/mol. The topological polar surface area (TPSA) is 50.3 Å². The van der Waals surface area contributed by atoms with Crippen LogP contribution in [0.25, 0.3) is 0 Å². The quantitative estimate of drug-likeness (QED) is 0.918. The molecule has 1 fully saturated rings. The van der Waals surface area contributed by atoms with Crippen molar-refractivity contribution in [3.63, 3.8) is 0 Å². The molecule has 2 aromatic rings. The van der Waals surface area contributed by atoms with E-state index in [0.29, 0.717) is 11.9 Å². The second-order valence-corrected chi connectivity index (χ2v) is 5.88. The fraction of sp³-hybridized carbons (Fsp3) is 0.375. The Kier molecular flexibility index (Phi) is 4.75. The van der Waals surface area contributed by atoms with Crippen LogP contribution in [0.15, 0.2) is 36.7 Å². The van der Waals surface area contributed by atoms with E-state index in [4.69, 9.17) is 16.3 Å². The molecule has 0 spiro atoms. The molecule has 3 rings (SSSR count). The van der Waals surface area contributed by atoms with Gasteiger partial charge in [0.05, 0.1) is 7.11 Å². The first-order chi connectivity index (χ1) is 10.7. The zero-order valence-electron chi connectivity index (χ0n) is 12.5. The van der Waals surface area contributed by atoms with E-state index >= 15 is 0 Å². The smallest absolute Gasteiger partial charge is 0.218 e. The van der Waals surface area contributed by atoms with Gasteiger partial charge in [0.25, 0.3) is 0 Å². The van der Waals surface area contributed by atoms with Crippen molar-refractivity contribution in [2.45, 2.75) is 19.0 Å². The summed E-state index contributed by atoms with van der Waals surface area (Å²) < 4.78 is 5.12. The van der Waals surface area contributed by atoms with Gasteiger partial charge in [-0.1, -0.05) is 23.7 Å². The van der Waals surface area contributed by atoms with Crippen LogP contribution in [0, 0.1) is 0 Å². The van der Waals surface area contributed by atoms with Crippen molar-refractivity contribution in [2.75, 3.05) is 25.5 Å². The number of rotatable bonds is 5. The first-order valence-electron chi connectivity index (χ1n) is 7.32. The summed E-state index contributed by atoms with van der Waals surface area (Å²) in [5.74, 6) is 1.38. The fourth-order valence-corrected chi connectivity index (χ4v) is 2.94. The van der Waals surface area contributed by atoms with Gasteiger partial charge in [0.1, 0.15) is 12.1 Å². The summed E-state index contributed by atoms with van der Waals surface area (Å²) in [6.07, 6.45) is 2.60. The molecular weight excluding hydrogens is 300 g/mol. The Morgan fingerprint density at radius 2 is 2.27 bits per heavy atom. The highest BCUT2D eigenvalue weighted by Gasteiger charge is 2.22. The summed E-state index contributed by atoms with van der Waals surface area (Å²) in [4.78, 5) is 10.7. The molecule has 1 aromatic carbocycles. The van der Waals surface area contributed by atoms with E-state index in [2.05, 4.69) is 26.3 Å². The van der Waals surface area contributed by atoms with Gasteiger partial charge >= 0.3 is 0 Å². The van der Waals surface area contributed by atoms with Crippen molar-refractivity contribution in [3.05, 3.63) is 47.2 Å². The predicted octanol–water partition coefficient (Wildman–Crippen LogP) is 2.83. The van der Waals surface area contributed by atoms with E-state index < -0.39 is 0 Å². The molecule has 116 valence electrons. The Hall–Kier alpha value is -1.85. The summed E-state index contributed by atoms with van der Waals surface area (Å²) in [6.45, 7) is 2.97. The van der Waals surface area contributed by atoms with Crippen LogP contribution >= 0.6 is 11.6 Å². The minimum Gasteiger partial charge on any atom is -0.481 e. The maximum Gasteiger partial charge on any atom is 0.218 e. The van der Waals surface area contributed by atoms with Crippen molar-refractivity contribution >= 4 is 17.4 Å². The molecule has 1 aliphatic heterocycles. The zero-order chi connectivity index (χ0) is 15.4. The molecule has 0 bridgehead atoms. The van der Waals surface area contributed by atoms with Crippen LogP contribution in [-0.4, -0.2) is 41.1 Å². The molecule has 1 aromatic heterocycles. The third kappa shape index (κ3) is 3.87. The van der Waals surface area contributed by atoms with Crippen molar-refractivity contribution < 1.29 is 4.74 Å². The molecule has 0 radical (unpaired) electrons.